The van der Waals surface area contributed by atoms with Gasteiger partial charge in [-0.1, -0.05) is 18.2 Å². The van der Waals surface area contributed by atoms with Crippen molar-refractivity contribution in [2.45, 2.75) is 6.54 Å². The second-order valence-electron chi connectivity index (χ2n) is 4.45. The molecule has 0 spiro atoms. The summed E-state index contributed by atoms with van der Waals surface area (Å²) < 4.78 is 1.78. The molecular weight excluding hydrogens is 274 g/mol. The second kappa shape index (κ2) is 6.56. The maximum Gasteiger partial charge on any atom is 0.322 e. The van der Waals surface area contributed by atoms with Gasteiger partial charge in [-0.2, -0.15) is 0 Å². The van der Waals surface area contributed by atoms with Gasteiger partial charge in [0.25, 0.3) is 0 Å². The molecule has 1 aromatic heterocycles. The first-order chi connectivity index (χ1) is 10.1. The fourth-order valence-corrected chi connectivity index (χ4v) is 1.90. The highest BCUT2D eigenvalue weighted by Gasteiger charge is 2.08. The predicted octanol–water partition coefficient (Wildman–Crippen LogP) is -0.0417. The summed E-state index contributed by atoms with van der Waals surface area (Å²) in [5.41, 5.74) is 0.933. The van der Waals surface area contributed by atoms with E-state index in [2.05, 4.69) is 10.6 Å². The third-order valence-electron chi connectivity index (χ3n) is 2.88. The summed E-state index contributed by atoms with van der Waals surface area (Å²) in [5.74, 6) is -1.99. The first-order valence-electron chi connectivity index (χ1n) is 6.35. The molecule has 21 heavy (non-hydrogen) atoms. The molecule has 2 amide bonds. The van der Waals surface area contributed by atoms with Gasteiger partial charge in [-0.05, 0) is 17.5 Å². The minimum atomic E-state index is -1.13. The number of nitrogens with one attached hydrogen (secondary N) is 2. The average Bonchev–Trinajstić information content (AvgIpc) is 2.86. The molecule has 110 valence electrons. The van der Waals surface area contributed by atoms with E-state index in [1.54, 1.807) is 10.8 Å². The van der Waals surface area contributed by atoms with Gasteiger partial charge in [0.2, 0.25) is 11.8 Å². The molecule has 0 fully saturated rings. The largest absolute Gasteiger partial charge is 0.480 e. The number of carbonyl (C=O) groups is 3. The molecule has 7 heteroatoms. The van der Waals surface area contributed by atoms with Crippen LogP contribution >= 0.6 is 0 Å². The minimum Gasteiger partial charge on any atom is -0.480 e. The first-order valence-corrected chi connectivity index (χ1v) is 6.35. The van der Waals surface area contributed by atoms with Gasteiger partial charge in [0.15, 0.2) is 0 Å². The number of carbonyl (C=O) groups excluding carboxylic acids is 2. The van der Waals surface area contributed by atoms with E-state index in [4.69, 9.17) is 5.11 Å². The zero-order valence-electron chi connectivity index (χ0n) is 11.2. The van der Waals surface area contributed by atoms with Gasteiger partial charge in [-0.25, -0.2) is 0 Å². The summed E-state index contributed by atoms with van der Waals surface area (Å²) in [7, 11) is 0. The summed E-state index contributed by atoms with van der Waals surface area (Å²) in [5, 5.41) is 14.0. The fourth-order valence-electron chi connectivity index (χ4n) is 1.90. The number of nitrogens with zero attached hydrogens (tertiary/aromatic N) is 1. The topological polar surface area (TPSA) is 100 Å². The van der Waals surface area contributed by atoms with Gasteiger partial charge in [-0.15, -0.1) is 0 Å². The van der Waals surface area contributed by atoms with Crippen LogP contribution in [0.25, 0.3) is 10.9 Å². The van der Waals surface area contributed by atoms with Crippen LogP contribution in [0.15, 0.2) is 36.5 Å². The molecule has 1 heterocycles. The molecule has 0 unspecified atom stereocenters. The van der Waals surface area contributed by atoms with Crippen molar-refractivity contribution >= 4 is 28.7 Å². The van der Waals surface area contributed by atoms with Crippen LogP contribution in [0.3, 0.4) is 0 Å². The van der Waals surface area contributed by atoms with Crippen molar-refractivity contribution in [1.29, 1.82) is 0 Å². The van der Waals surface area contributed by atoms with Gasteiger partial charge in [0, 0.05) is 11.7 Å². The number of carboxylic acids is 1. The maximum atomic E-state index is 11.8. The van der Waals surface area contributed by atoms with Gasteiger partial charge >= 0.3 is 5.97 Å². The Morgan fingerprint density at radius 2 is 1.71 bits per heavy atom. The van der Waals surface area contributed by atoms with Crippen molar-refractivity contribution in [3.63, 3.8) is 0 Å². The third kappa shape index (κ3) is 4.07. The highest BCUT2D eigenvalue weighted by Crippen LogP contribution is 2.14. The number of carboxylic acid groups (broad SMARTS) is 1. The number of fused-ring (bicyclic) bond motifs is 1. The Bertz CT molecular complexity index is 678. The number of hydrogen-bond acceptors (Lipinski definition) is 3. The van der Waals surface area contributed by atoms with Crippen LogP contribution < -0.4 is 10.6 Å². The molecule has 0 aliphatic carbocycles. The van der Waals surface area contributed by atoms with Gasteiger partial charge in [-0.3, -0.25) is 14.4 Å². The van der Waals surface area contributed by atoms with E-state index in [0.29, 0.717) is 0 Å². The summed E-state index contributed by atoms with van der Waals surface area (Å²) in [6, 6.07) is 9.56. The lowest BCUT2D eigenvalue weighted by molar-refractivity contribution is -0.137. The van der Waals surface area contributed by atoms with Gasteiger partial charge in [0.05, 0.1) is 6.54 Å². The number of benzene rings is 1. The maximum absolute atomic E-state index is 11.8. The van der Waals surface area contributed by atoms with Crippen molar-refractivity contribution in [2.24, 2.45) is 0 Å². The van der Waals surface area contributed by atoms with Crippen molar-refractivity contribution in [1.82, 2.24) is 15.2 Å². The molecule has 0 aliphatic heterocycles. The second-order valence-corrected chi connectivity index (χ2v) is 4.45. The monoisotopic (exact) mass is 289 g/mol. The van der Waals surface area contributed by atoms with E-state index in [-0.39, 0.29) is 19.0 Å². The van der Waals surface area contributed by atoms with Crippen molar-refractivity contribution in [3.05, 3.63) is 36.5 Å². The van der Waals surface area contributed by atoms with Crippen LogP contribution in [0.2, 0.25) is 0 Å². The Labute approximate surface area is 120 Å². The van der Waals surface area contributed by atoms with Crippen molar-refractivity contribution in [3.8, 4) is 0 Å². The zero-order chi connectivity index (χ0) is 15.2. The van der Waals surface area contributed by atoms with Crippen LogP contribution in [-0.4, -0.2) is 40.5 Å². The van der Waals surface area contributed by atoms with E-state index in [0.717, 1.165) is 10.9 Å². The Kier molecular flexibility index (Phi) is 4.55. The predicted molar refractivity (Wildman–Crippen MR) is 75.6 cm³/mol. The number of aromatic nitrogens is 1. The summed E-state index contributed by atoms with van der Waals surface area (Å²) in [6.45, 7) is -0.609. The number of rotatable bonds is 6. The van der Waals surface area contributed by atoms with Crippen molar-refractivity contribution in [2.75, 3.05) is 13.1 Å². The van der Waals surface area contributed by atoms with E-state index in [9.17, 15) is 14.4 Å². The number of para-hydroxylation sites is 1. The Balaban J connectivity index is 1.85. The van der Waals surface area contributed by atoms with E-state index < -0.39 is 18.4 Å². The number of hydrogen-bond donors (Lipinski definition) is 3. The molecule has 0 bridgehead atoms. The number of aliphatic carboxylic acids is 1. The minimum absolute atomic E-state index is 0.0969. The summed E-state index contributed by atoms with van der Waals surface area (Å²) in [4.78, 5) is 33.3. The van der Waals surface area contributed by atoms with Gasteiger partial charge < -0.3 is 20.3 Å². The quantitative estimate of drug-likeness (QED) is 0.694. The Morgan fingerprint density at radius 1 is 1.00 bits per heavy atom. The smallest absolute Gasteiger partial charge is 0.322 e. The highest BCUT2D eigenvalue weighted by molar-refractivity contribution is 5.87. The van der Waals surface area contributed by atoms with Crippen LogP contribution in [0.5, 0.6) is 0 Å². The van der Waals surface area contributed by atoms with Crippen LogP contribution in [-0.2, 0) is 20.9 Å². The van der Waals surface area contributed by atoms with Crippen LogP contribution in [0, 0.1) is 0 Å². The molecule has 2 aromatic rings. The molecule has 0 saturated carbocycles. The van der Waals surface area contributed by atoms with Crippen LogP contribution in [0.4, 0.5) is 0 Å². The van der Waals surface area contributed by atoms with E-state index >= 15 is 0 Å². The molecule has 7 nitrogen and oxygen atoms in total. The lowest BCUT2D eigenvalue weighted by Gasteiger charge is -2.07. The summed E-state index contributed by atoms with van der Waals surface area (Å²) in [6.07, 6.45) is 1.80. The van der Waals surface area contributed by atoms with Crippen LogP contribution in [0.1, 0.15) is 0 Å². The van der Waals surface area contributed by atoms with E-state index in [1.807, 2.05) is 30.3 Å². The molecule has 3 N–H and O–H groups in total. The molecule has 0 aliphatic rings. The lowest BCUT2D eigenvalue weighted by atomic mass is 10.2. The molecular formula is C14H15N3O4. The molecule has 0 radical (unpaired) electrons. The van der Waals surface area contributed by atoms with Crippen molar-refractivity contribution < 1.29 is 19.5 Å². The third-order valence-corrected chi connectivity index (χ3v) is 2.88. The molecule has 1 aromatic carbocycles. The SMILES string of the molecule is O=C(O)CNC(=O)CNC(=O)Cn1ccc2ccccc21. The average molecular weight is 289 g/mol. The molecule has 2 rings (SSSR count). The summed E-state index contributed by atoms with van der Waals surface area (Å²) >= 11 is 0. The first kappa shape index (κ1) is 14.6. The zero-order valence-corrected chi connectivity index (χ0v) is 11.2. The normalized spacial score (nSPS) is 10.3. The molecule has 0 saturated heterocycles. The Morgan fingerprint density at radius 3 is 2.48 bits per heavy atom. The Hall–Kier alpha value is -2.83. The molecule has 0 atom stereocenters. The highest BCUT2D eigenvalue weighted by atomic mass is 16.4. The fraction of sp³-hybridized carbons (Fsp3) is 0.214. The lowest BCUT2D eigenvalue weighted by Crippen LogP contribution is -2.40. The standard InChI is InChI=1S/C14H15N3O4/c18-12(16-8-14(20)21)7-15-13(19)9-17-6-5-10-3-1-2-4-11(10)17/h1-6H,7-9H2,(H,15,19)(H,16,18)(H,20,21). The number of amides is 2. The van der Waals surface area contributed by atoms with E-state index in [1.165, 1.54) is 0 Å². The van der Waals surface area contributed by atoms with Gasteiger partial charge in [0.1, 0.15) is 13.1 Å².